The lowest BCUT2D eigenvalue weighted by atomic mass is 10.4. The lowest BCUT2D eigenvalue weighted by Crippen LogP contribution is -2.57. The second-order valence-electron chi connectivity index (χ2n) is 11.7. The number of ether oxygens (including phenoxy) is 2. The molecule has 0 amide bonds. The van der Waals surface area contributed by atoms with Gasteiger partial charge in [0.1, 0.15) is 6.10 Å². The summed E-state index contributed by atoms with van der Waals surface area (Å²) in [6, 6.07) is 2.84. The van der Waals surface area contributed by atoms with E-state index in [1.807, 2.05) is 0 Å². The summed E-state index contributed by atoms with van der Waals surface area (Å²) < 4.78 is 36.9. The summed E-state index contributed by atoms with van der Waals surface area (Å²) in [5.41, 5.74) is 0. The molecule has 0 spiro atoms. The van der Waals surface area contributed by atoms with Gasteiger partial charge >= 0.3 is 8.80 Å². The van der Waals surface area contributed by atoms with Gasteiger partial charge < -0.3 is 31.4 Å². The zero-order chi connectivity index (χ0) is 25.3. The molecule has 12 heteroatoms. The molecule has 1 unspecified atom stereocenters. The first-order valence-electron chi connectivity index (χ1n) is 11.8. The SMILES string of the molecule is COC(CO)COCCC[Si](C)(C)O[Si](C)(C)CC[Si](OC)(O[Si](C)(C)C)O[Si](C)(C)C. The average molecular weight is 545 g/mol. The molecule has 1 atom stereocenters. The molecule has 0 aromatic carbocycles. The third kappa shape index (κ3) is 15.7. The minimum Gasteiger partial charge on any atom is -0.456 e. The monoisotopic (exact) mass is 544 g/mol. The fourth-order valence-electron chi connectivity index (χ4n) is 3.56. The molecule has 0 bridgehead atoms. The number of methoxy groups -OCH3 is 1. The van der Waals surface area contributed by atoms with E-state index >= 15 is 0 Å². The smallest absolute Gasteiger partial charge is 0.456 e. The van der Waals surface area contributed by atoms with Crippen molar-refractivity contribution in [3.8, 4) is 0 Å². The minimum absolute atomic E-state index is 0.0191. The number of aliphatic hydroxyl groups is 1. The average Bonchev–Trinajstić information content (AvgIpc) is 2.59. The third-order valence-electron chi connectivity index (χ3n) is 4.73. The Morgan fingerprint density at radius 1 is 0.688 bits per heavy atom. The highest BCUT2D eigenvalue weighted by atomic mass is 28.5. The van der Waals surface area contributed by atoms with Crippen LogP contribution in [-0.2, 0) is 26.2 Å². The van der Waals surface area contributed by atoms with Crippen molar-refractivity contribution in [2.24, 2.45) is 0 Å². The van der Waals surface area contributed by atoms with E-state index in [9.17, 15) is 0 Å². The van der Waals surface area contributed by atoms with Crippen LogP contribution in [0.3, 0.4) is 0 Å². The van der Waals surface area contributed by atoms with Crippen molar-refractivity contribution in [2.75, 3.05) is 34.0 Å². The van der Waals surface area contributed by atoms with E-state index in [0.717, 1.165) is 24.6 Å². The molecule has 0 aliphatic rings. The van der Waals surface area contributed by atoms with Crippen LogP contribution in [0, 0.1) is 0 Å². The van der Waals surface area contributed by atoms with E-state index in [1.165, 1.54) is 0 Å². The maximum atomic E-state index is 9.16. The Balaban J connectivity index is 4.90. The Bertz CT molecular complexity index is 501. The molecular formula is C20H52O7Si5. The predicted molar refractivity (Wildman–Crippen MR) is 145 cm³/mol. The molecule has 0 rings (SSSR count). The summed E-state index contributed by atoms with van der Waals surface area (Å²) in [5.74, 6) is 0. The zero-order valence-electron chi connectivity index (χ0n) is 22.9. The van der Waals surface area contributed by atoms with Crippen LogP contribution in [0.5, 0.6) is 0 Å². The van der Waals surface area contributed by atoms with Crippen LogP contribution in [0.1, 0.15) is 6.42 Å². The molecule has 0 saturated heterocycles. The Hall–Kier alpha value is 0.804. The summed E-state index contributed by atoms with van der Waals surface area (Å²) in [6.45, 7) is 23.5. The Labute approximate surface area is 203 Å². The van der Waals surface area contributed by atoms with Crippen molar-refractivity contribution < 1.29 is 31.4 Å². The van der Waals surface area contributed by atoms with Crippen molar-refractivity contribution in [1.82, 2.24) is 0 Å². The lowest BCUT2D eigenvalue weighted by Gasteiger charge is -2.41. The Morgan fingerprint density at radius 2 is 1.19 bits per heavy atom. The quantitative estimate of drug-likeness (QED) is 0.190. The van der Waals surface area contributed by atoms with Crippen LogP contribution in [0.15, 0.2) is 0 Å². The van der Waals surface area contributed by atoms with Gasteiger partial charge in [0.15, 0.2) is 33.3 Å². The molecule has 194 valence electrons. The summed E-state index contributed by atoms with van der Waals surface area (Å²) in [6.07, 6.45) is 0.713. The van der Waals surface area contributed by atoms with E-state index in [2.05, 4.69) is 65.5 Å². The number of aliphatic hydroxyl groups excluding tert-OH is 1. The Morgan fingerprint density at radius 3 is 1.59 bits per heavy atom. The maximum absolute atomic E-state index is 9.16. The van der Waals surface area contributed by atoms with Gasteiger partial charge in [-0.2, -0.15) is 0 Å². The highest BCUT2D eigenvalue weighted by Crippen LogP contribution is 2.31. The fraction of sp³-hybridized carbons (Fsp3) is 1.00. The highest BCUT2D eigenvalue weighted by Gasteiger charge is 2.48. The molecule has 0 heterocycles. The molecule has 32 heavy (non-hydrogen) atoms. The van der Waals surface area contributed by atoms with Gasteiger partial charge in [-0.25, -0.2) is 0 Å². The van der Waals surface area contributed by atoms with Gasteiger partial charge in [-0.15, -0.1) is 0 Å². The Kier molecular flexibility index (Phi) is 14.1. The van der Waals surface area contributed by atoms with Crippen molar-refractivity contribution in [3.05, 3.63) is 0 Å². The first kappa shape index (κ1) is 32.8. The minimum atomic E-state index is -2.74. The second-order valence-corrected chi connectivity index (χ2v) is 32.9. The highest BCUT2D eigenvalue weighted by molar-refractivity contribution is 6.88. The fourth-order valence-corrected chi connectivity index (χ4v) is 24.7. The van der Waals surface area contributed by atoms with Gasteiger partial charge in [-0.3, -0.25) is 0 Å². The zero-order valence-corrected chi connectivity index (χ0v) is 27.9. The molecule has 0 radical (unpaired) electrons. The predicted octanol–water partition coefficient (Wildman–Crippen LogP) is 5.12. The number of hydrogen-bond acceptors (Lipinski definition) is 7. The van der Waals surface area contributed by atoms with Crippen molar-refractivity contribution in [1.29, 1.82) is 0 Å². The molecule has 0 fully saturated rings. The van der Waals surface area contributed by atoms with Crippen LogP contribution in [0.25, 0.3) is 0 Å². The van der Waals surface area contributed by atoms with Gasteiger partial charge in [0.05, 0.1) is 13.2 Å². The largest absolute Gasteiger partial charge is 0.479 e. The summed E-state index contributed by atoms with van der Waals surface area (Å²) >= 11 is 0. The number of rotatable bonds is 18. The van der Waals surface area contributed by atoms with Crippen LogP contribution in [-0.4, -0.2) is 87.3 Å². The van der Waals surface area contributed by atoms with Crippen molar-refractivity contribution >= 4 is 42.1 Å². The standard InChI is InChI=1S/C20H52O7Si5/c1-22-20(18-21)19-24-14-13-15-30(9,10)27-31(11,12)16-17-32(23-2,25-28(3,4)5)26-29(6,7)8/h20-21H,13-19H2,1-12H3. The second kappa shape index (κ2) is 13.8. The molecule has 0 aromatic rings. The maximum Gasteiger partial charge on any atom is 0.479 e. The van der Waals surface area contributed by atoms with Crippen molar-refractivity contribution in [2.45, 2.75) is 96.1 Å². The lowest BCUT2D eigenvalue weighted by molar-refractivity contribution is -0.0197. The molecule has 0 aromatic heterocycles. The summed E-state index contributed by atoms with van der Waals surface area (Å²) in [7, 11) is -6.77. The van der Waals surface area contributed by atoms with Gasteiger partial charge in [-0.05, 0) is 84.0 Å². The van der Waals surface area contributed by atoms with Crippen LogP contribution in [0.4, 0.5) is 0 Å². The summed E-state index contributed by atoms with van der Waals surface area (Å²) in [4.78, 5) is 0. The third-order valence-corrected chi connectivity index (χ3v) is 21.5. The van der Waals surface area contributed by atoms with Crippen LogP contribution in [0.2, 0.25) is 83.6 Å². The van der Waals surface area contributed by atoms with E-state index < -0.39 is 42.1 Å². The van der Waals surface area contributed by atoms with E-state index in [1.54, 1.807) is 14.2 Å². The van der Waals surface area contributed by atoms with Crippen LogP contribution >= 0.6 is 0 Å². The van der Waals surface area contributed by atoms with E-state index in [-0.39, 0.29) is 12.7 Å². The van der Waals surface area contributed by atoms with Gasteiger partial charge in [-0.1, -0.05) is 0 Å². The van der Waals surface area contributed by atoms with E-state index in [4.69, 9.17) is 31.4 Å². The number of hydrogen-bond donors (Lipinski definition) is 1. The van der Waals surface area contributed by atoms with Crippen molar-refractivity contribution in [3.63, 3.8) is 0 Å². The first-order valence-corrected chi connectivity index (χ1v) is 26.7. The first-order chi connectivity index (χ1) is 14.4. The summed E-state index contributed by atoms with van der Waals surface area (Å²) in [5, 5.41) is 9.16. The van der Waals surface area contributed by atoms with E-state index in [0.29, 0.717) is 13.2 Å². The molecule has 0 saturated carbocycles. The topological polar surface area (TPSA) is 75.6 Å². The van der Waals surface area contributed by atoms with Gasteiger partial charge in [0.25, 0.3) is 0 Å². The molecule has 0 aliphatic carbocycles. The van der Waals surface area contributed by atoms with Gasteiger partial charge in [0.2, 0.25) is 0 Å². The normalized spacial score (nSPS) is 15.3. The van der Waals surface area contributed by atoms with Gasteiger partial charge in [0, 0.05) is 26.9 Å². The molecule has 0 aliphatic heterocycles. The molecule has 7 nitrogen and oxygen atoms in total. The molecular weight excluding hydrogens is 493 g/mol. The van der Waals surface area contributed by atoms with Crippen LogP contribution < -0.4 is 0 Å². The molecule has 1 N–H and O–H groups in total.